The molecule has 0 amide bonds. The van der Waals surface area contributed by atoms with Crippen LogP contribution < -0.4 is 0 Å². The summed E-state index contributed by atoms with van der Waals surface area (Å²) in [4.78, 5) is 11.1. The van der Waals surface area contributed by atoms with Crippen LogP contribution >= 0.6 is 0 Å². The summed E-state index contributed by atoms with van der Waals surface area (Å²) in [6.07, 6.45) is 10.6. The summed E-state index contributed by atoms with van der Waals surface area (Å²) in [5.74, 6) is 1.22. The number of carbonyl (C=O) groups is 1. The van der Waals surface area contributed by atoms with Crippen LogP contribution in [0.1, 0.15) is 65.7 Å². The molecule has 0 aliphatic heterocycles. The van der Waals surface area contributed by atoms with Crippen molar-refractivity contribution in [3.8, 4) is 0 Å². The Hall–Kier alpha value is -0.890. The zero-order valence-electron chi connectivity index (χ0n) is 14.5. The van der Waals surface area contributed by atoms with Gasteiger partial charge in [0.2, 0.25) is 0 Å². The molecule has 0 saturated heterocycles. The molecule has 2 aliphatic rings. The predicted molar refractivity (Wildman–Crippen MR) is 91.6 cm³/mol. The van der Waals surface area contributed by atoms with Crippen molar-refractivity contribution in [2.45, 2.75) is 65.7 Å². The first kappa shape index (κ1) is 17.5. The maximum Gasteiger partial charge on any atom is 0.145 e. The standard InChI is InChI=1S/C20H32O2/c1-15-6-9-18-19(2,3)11-5-12-20(18,4)17(15)8-7-16(14-22)10-13-21/h7,14,17-18,21H,1,5-6,8-13H2,2-4H3. The van der Waals surface area contributed by atoms with Gasteiger partial charge in [0.1, 0.15) is 6.29 Å². The molecule has 0 aromatic carbocycles. The van der Waals surface area contributed by atoms with Crippen molar-refractivity contribution in [2.75, 3.05) is 6.61 Å². The van der Waals surface area contributed by atoms with Crippen LogP contribution in [0.5, 0.6) is 0 Å². The second-order valence-corrected chi connectivity index (χ2v) is 8.26. The third-order valence-corrected chi connectivity index (χ3v) is 6.49. The van der Waals surface area contributed by atoms with Crippen LogP contribution in [0.25, 0.3) is 0 Å². The highest BCUT2D eigenvalue weighted by Crippen LogP contribution is 2.61. The van der Waals surface area contributed by atoms with E-state index in [4.69, 9.17) is 5.11 Å². The molecule has 2 heteroatoms. The van der Waals surface area contributed by atoms with Gasteiger partial charge in [-0.1, -0.05) is 45.4 Å². The molecule has 3 atom stereocenters. The fraction of sp³-hybridized carbons (Fsp3) is 0.750. The van der Waals surface area contributed by atoms with E-state index < -0.39 is 0 Å². The Morgan fingerprint density at radius 2 is 2.09 bits per heavy atom. The summed E-state index contributed by atoms with van der Waals surface area (Å²) in [5, 5.41) is 9.05. The monoisotopic (exact) mass is 304 g/mol. The van der Waals surface area contributed by atoms with E-state index in [-0.39, 0.29) is 6.61 Å². The van der Waals surface area contributed by atoms with E-state index in [0.29, 0.717) is 23.2 Å². The lowest BCUT2D eigenvalue weighted by atomic mass is 9.47. The van der Waals surface area contributed by atoms with Crippen LogP contribution in [0.15, 0.2) is 23.8 Å². The van der Waals surface area contributed by atoms with Crippen molar-refractivity contribution < 1.29 is 9.90 Å². The summed E-state index contributed by atoms with van der Waals surface area (Å²) in [6.45, 7) is 11.7. The molecule has 3 unspecified atom stereocenters. The topological polar surface area (TPSA) is 37.3 Å². The molecule has 1 N–H and O–H groups in total. The summed E-state index contributed by atoms with van der Waals surface area (Å²) in [6, 6.07) is 0. The zero-order chi connectivity index (χ0) is 16.4. The Kier molecular flexibility index (Phi) is 5.32. The van der Waals surface area contributed by atoms with Crippen LogP contribution in [0, 0.1) is 22.7 Å². The first-order valence-electron chi connectivity index (χ1n) is 8.78. The van der Waals surface area contributed by atoms with Gasteiger partial charge in [-0.3, -0.25) is 4.79 Å². The maximum absolute atomic E-state index is 11.1. The number of aliphatic hydroxyl groups excluding tert-OH is 1. The number of rotatable bonds is 5. The number of carbonyl (C=O) groups excluding carboxylic acids is 1. The van der Waals surface area contributed by atoms with Gasteiger partial charge in [-0.15, -0.1) is 0 Å². The van der Waals surface area contributed by atoms with E-state index in [0.717, 1.165) is 30.6 Å². The van der Waals surface area contributed by atoms with Gasteiger partial charge in [-0.25, -0.2) is 0 Å². The first-order chi connectivity index (χ1) is 10.3. The minimum absolute atomic E-state index is 0.0448. The SMILES string of the molecule is C=C1CCC2C(C)(C)CCCC2(C)C1CC=C(C=O)CCO. The molecular weight excluding hydrogens is 272 g/mol. The molecule has 2 nitrogen and oxygen atoms in total. The van der Waals surface area contributed by atoms with E-state index in [9.17, 15) is 4.79 Å². The average Bonchev–Trinajstić information content (AvgIpc) is 2.44. The molecule has 0 radical (unpaired) electrons. The molecule has 0 bridgehead atoms. The number of hydrogen-bond donors (Lipinski definition) is 1. The molecule has 2 saturated carbocycles. The molecule has 0 heterocycles. The Balaban J connectivity index is 2.24. The minimum Gasteiger partial charge on any atom is -0.396 e. The van der Waals surface area contributed by atoms with E-state index >= 15 is 0 Å². The zero-order valence-corrected chi connectivity index (χ0v) is 14.5. The molecular formula is C20H32O2. The van der Waals surface area contributed by atoms with Crippen molar-refractivity contribution in [2.24, 2.45) is 22.7 Å². The summed E-state index contributed by atoms with van der Waals surface area (Å²) in [5.41, 5.74) is 2.81. The number of hydrogen-bond acceptors (Lipinski definition) is 2. The fourth-order valence-corrected chi connectivity index (χ4v) is 5.32. The van der Waals surface area contributed by atoms with Gasteiger partial charge in [0.25, 0.3) is 0 Å². The van der Waals surface area contributed by atoms with E-state index in [1.165, 1.54) is 31.3 Å². The van der Waals surface area contributed by atoms with Crippen molar-refractivity contribution in [3.05, 3.63) is 23.8 Å². The van der Waals surface area contributed by atoms with Crippen LogP contribution in [-0.2, 0) is 4.79 Å². The van der Waals surface area contributed by atoms with Crippen molar-refractivity contribution >= 4 is 6.29 Å². The van der Waals surface area contributed by atoms with Gasteiger partial charge in [-0.05, 0) is 66.8 Å². The molecule has 124 valence electrons. The van der Waals surface area contributed by atoms with Crippen LogP contribution in [0.2, 0.25) is 0 Å². The summed E-state index contributed by atoms with van der Waals surface area (Å²) in [7, 11) is 0. The highest BCUT2D eigenvalue weighted by molar-refractivity contribution is 5.73. The Morgan fingerprint density at radius 1 is 1.36 bits per heavy atom. The van der Waals surface area contributed by atoms with Gasteiger partial charge < -0.3 is 5.11 Å². The Bertz CT molecular complexity index is 460. The minimum atomic E-state index is 0.0448. The lowest BCUT2D eigenvalue weighted by Gasteiger charge is -2.58. The highest BCUT2D eigenvalue weighted by atomic mass is 16.3. The van der Waals surface area contributed by atoms with Crippen molar-refractivity contribution in [3.63, 3.8) is 0 Å². The molecule has 2 fully saturated rings. The number of aldehydes is 1. The molecule has 0 aromatic rings. The lowest BCUT2D eigenvalue weighted by Crippen LogP contribution is -2.49. The van der Waals surface area contributed by atoms with Gasteiger partial charge in [0.15, 0.2) is 0 Å². The quantitative estimate of drug-likeness (QED) is 0.455. The third kappa shape index (κ3) is 3.22. The normalized spacial score (nSPS) is 35.1. The molecule has 22 heavy (non-hydrogen) atoms. The molecule has 2 aliphatic carbocycles. The number of aliphatic hydroxyl groups is 1. The molecule has 2 rings (SSSR count). The highest BCUT2D eigenvalue weighted by Gasteiger charge is 2.52. The first-order valence-corrected chi connectivity index (χ1v) is 8.78. The fourth-order valence-electron chi connectivity index (χ4n) is 5.32. The molecule has 0 aromatic heterocycles. The van der Waals surface area contributed by atoms with E-state index in [1.54, 1.807) is 0 Å². The molecule has 0 spiro atoms. The van der Waals surface area contributed by atoms with Crippen LogP contribution in [0.3, 0.4) is 0 Å². The Labute approximate surface area is 135 Å². The van der Waals surface area contributed by atoms with E-state index in [2.05, 4.69) is 27.4 Å². The maximum atomic E-state index is 11.1. The van der Waals surface area contributed by atoms with Gasteiger partial charge in [0, 0.05) is 6.61 Å². The largest absolute Gasteiger partial charge is 0.396 e. The predicted octanol–water partition coefficient (Wildman–Crippen LogP) is 4.68. The number of fused-ring (bicyclic) bond motifs is 1. The average molecular weight is 304 g/mol. The second-order valence-electron chi connectivity index (χ2n) is 8.26. The second kappa shape index (κ2) is 6.70. The van der Waals surface area contributed by atoms with Crippen LogP contribution in [-0.4, -0.2) is 18.0 Å². The summed E-state index contributed by atoms with van der Waals surface area (Å²) < 4.78 is 0. The van der Waals surface area contributed by atoms with Gasteiger partial charge >= 0.3 is 0 Å². The van der Waals surface area contributed by atoms with Gasteiger partial charge in [-0.2, -0.15) is 0 Å². The number of allylic oxidation sites excluding steroid dienone is 2. The summed E-state index contributed by atoms with van der Waals surface area (Å²) >= 11 is 0. The smallest absolute Gasteiger partial charge is 0.145 e. The van der Waals surface area contributed by atoms with Crippen molar-refractivity contribution in [1.82, 2.24) is 0 Å². The van der Waals surface area contributed by atoms with Gasteiger partial charge in [0.05, 0.1) is 0 Å². The van der Waals surface area contributed by atoms with Crippen LogP contribution in [0.4, 0.5) is 0 Å². The third-order valence-electron chi connectivity index (χ3n) is 6.49. The Morgan fingerprint density at radius 3 is 2.73 bits per heavy atom. The van der Waals surface area contributed by atoms with Crippen molar-refractivity contribution in [1.29, 1.82) is 0 Å². The lowest BCUT2D eigenvalue weighted by molar-refractivity contribution is -0.105. The van der Waals surface area contributed by atoms with E-state index in [1.807, 2.05) is 6.08 Å².